The van der Waals surface area contributed by atoms with Gasteiger partial charge in [-0.3, -0.25) is 9.69 Å². The number of benzene rings is 1. The van der Waals surface area contributed by atoms with Crippen LogP contribution in [-0.4, -0.2) is 25.0 Å². The zero-order valence-corrected chi connectivity index (χ0v) is 11.4. The van der Waals surface area contributed by atoms with Gasteiger partial charge in [0.1, 0.15) is 0 Å². The number of nitrogens with one attached hydrogen (secondary N) is 2. The first-order chi connectivity index (χ1) is 9.74. The average molecular weight is 287 g/mol. The lowest BCUT2D eigenvalue weighted by atomic mass is 10.2. The van der Waals surface area contributed by atoms with Crippen LogP contribution in [0.1, 0.15) is 9.67 Å². The molecule has 1 aromatic heterocycles. The van der Waals surface area contributed by atoms with Gasteiger partial charge >= 0.3 is 6.03 Å². The van der Waals surface area contributed by atoms with Crippen molar-refractivity contribution >= 4 is 34.6 Å². The molecular formula is C14H13N3O2S. The van der Waals surface area contributed by atoms with Crippen molar-refractivity contribution in [1.82, 2.24) is 5.32 Å². The maximum atomic E-state index is 12.0. The van der Waals surface area contributed by atoms with Crippen molar-refractivity contribution in [2.45, 2.75) is 0 Å². The molecule has 0 atom stereocenters. The monoisotopic (exact) mass is 287 g/mol. The van der Waals surface area contributed by atoms with Gasteiger partial charge in [-0.2, -0.15) is 0 Å². The zero-order valence-electron chi connectivity index (χ0n) is 10.6. The lowest BCUT2D eigenvalue weighted by Gasteiger charge is -2.15. The fourth-order valence-electron chi connectivity index (χ4n) is 2.07. The number of urea groups is 1. The molecule has 6 heteroatoms. The summed E-state index contributed by atoms with van der Waals surface area (Å²) in [4.78, 5) is 25.9. The molecule has 0 bridgehead atoms. The van der Waals surface area contributed by atoms with E-state index in [1.54, 1.807) is 17.0 Å². The van der Waals surface area contributed by atoms with E-state index < -0.39 is 0 Å². The van der Waals surface area contributed by atoms with Crippen molar-refractivity contribution < 1.29 is 9.59 Å². The van der Waals surface area contributed by atoms with Gasteiger partial charge in [-0.1, -0.05) is 12.1 Å². The molecule has 5 nitrogen and oxygen atoms in total. The summed E-state index contributed by atoms with van der Waals surface area (Å²) >= 11 is 1.39. The number of amides is 3. The highest BCUT2D eigenvalue weighted by Crippen LogP contribution is 2.22. The van der Waals surface area contributed by atoms with Crippen molar-refractivity contribution in [2.75, 3.05) is 23.3 Å². The molecule has 20 heavy (non-hydrogen) atoms. The Kier molecular flexibility index (Phi) is 3.39. The highest BCUT2D eigenvalue weighted by molar-refractivity contribution is 7.12. The molecule has 102 valence electrons. The molecule has 0 radical (unpaired) electrons. The van der Waals surface area contributed by atoms with Crippen molar-refractivity contribution in [3.8, 4) is 0 Å². The van der Waals surface area contributed by atoms with Gasteiger partial charge in [0.15, 0.2) is 0 Å². The topological polar surface area (TPSA) is 61.4 Å². The van der Waals surface area contributed by atoms with Crippen LogP contribution in [0.5, 0.6) is 0 Å². The van der Waals surface area contributed by atoms with E-state index in [9.17, 15) is 9.59 Å². The molecule has 3 amide bonds. The number of anilines is 2. The standard InChI is InChI=1S/C14H13N3O2S/c18-13(12-5-2-8-20-12)16-10-3-1-4-11(9-10)17-7-6-15-14(17)19/h1-5,8-9H,6-7H2,(H,15,19)(H,16,18). The molecule has 0 spiro atoms. The second-order valence-electron chi connectivity index (χ2n) is 4.37. The number of hydrogen-bond acceptors (Lipinski definition) is 3. The van der Waals surface area contributed by atoms with Crippen LogP contribution >= 0.6 is 11.3 Å². The molecule has 1 saturated heterocycles. The number of thiophene rings is 1. The highest BCUT2D eigenvalue weighted by atomic mass is 32.1. The van der Waals surface area contributed by atoms with Crippen molar-refractivity contribution in [1.29, 1.82) is 0 Å². The zero-order chi connectivity index (χ0) is 13.9. The number of nitrogens with zero attached hydrogens (tertiary/aromatic N) is 1. The largest absolute Gasteiger partial charge is 0.336 e. The van der Waals surface area contributed by atoms with Crippen LogP contribution in [0.25, 0.3) is 0 Å². The fourth-order valence-corrected chi connectivity index (χ4v) is 2.69. The highest BCUT2D eigenvalue weighted by Gasteiger charge is 2.21. The maximum Gasteiger partial charge on any atom is 0.321 e. The van der Waals surface area contributed by atoms with Crippen LogP contribution in [0.3, 0.4) is 0 Å². The van der Waals surface area contributed by atoms with Crippen LogP contribution in [0.2, 0.25) is 0 Å². The van der Waals surface area contributed by atoms with E-state index in [2.05, 4.69) is 10.6 Å². The Morgan fingerprint density at radius 3 is 2.90 bits per heavy atom. The van der Waals surface area contributed by atoms with Crippen LogP contribution in [0, 0.1) is 0 Å². The molecule has 0 aliphatic carbocycles. The summed E-state index contributed by atoms with van der Waals surface area (Å²) < 4.78 is 0. The Morgan fingerprint density at radius 2 is 2.20 bits per heavy atom. The quantitative estimate of drug-likeness (QED) is 0.911. The molecule has 2 N–H and O–H groups in total. The van der Waals surface area contributed by atoms with Crippen LogP contribution in [0.15, 0.2) is 41.8 Å². The summed E-state index contributed by atoms with van der Waals surface area (Å²) in [5.41, 5.74) is 1.46. The molecule has 0 unspecified atom stereocenters. The first-order valence-electron chi connectivity index (χ1n) is 6.24. The predicted molar refractivity (Wildman–Crippen MR) is 79.5 cm³/mol. The minimum Gasteiger partial charge on any atom is -0.336 e. The van der Waals surface area contributed by atoms with E-state index in [-0.39, 0.29) is 11.9 Å². The van der Waals surface area contributed by atoms with Crippen molar-refractivity contribution in [3.05, 3.63) is 46.7 Å². The number of carbonyl (C=O) groups excluding carboxylic acids is 2. The molecule has 1 aromatic carbocycles. The van der Waals surface area contributed by atoms with E-state index in [0.29, 0.717) is 23.7 Å². The number of rotatable bonds is 3. The smallest absolute Gasteiger partial charge is 0.321 e. The molecular weight excluding hydrogens is 274 g/mol. The summed E-state index contributed by atoms with van der Waals surface area (Å²) in [7, 11) is 0. The summed E-state index contributed by atoms with van der Waals surface area (Å²) in [6.07, 6.45) is 0. The van der Waals surface area contributed by atoms with Gasteiger partial charge in [-0.05, 0) is 29.6 Å². The van der Waals surface area contributed by atoms with E-state index >= 15 is 0 Å². The van der Waals surface area contributed by atoms with E-state index in [1.165, 1.54) is 11.3 Å². The maximum absolute atomic E-state index is 12.0. The SMILES string of the molecule is O=C(Nc1cccc(N2CCNC2=O)c1)c1cccs1. The third-order valence-corrected chi connectivity index (χ3v) is 3.89. The second-order valence-corrected chi connectivity index (χ2v) is 5.31. The molecule has 1 aliphatic heterocycles. The van der Waals surface area contributed by atoms with Crippen molar-refractivity contribution in [3.63, 3.8) is 0 Å². The van der Waals surface area contributed by atoms with Gasteiger partial charge in [0, 0.05) is 24.5 Å². The van der Waals surface area contributed by atoms with Crippen LogP contribution in [-0.2, 0) is 0 Å². The Bertz CT molecular complexity index is 640. The van der Waals surface area contributed by atoms with Gasteiger partial charge in [0.25, 0.3) is 5.91 Å². The average Bonchev–Trinajstić information content (AvgIpc) is 3.10. The van der Waals surface area contributed by atoms with Gasteiger partial charge in [0.05, 0.1) is 4.88 Å². The summed E-state index contributed by atoms with van der Waals surface area (Å²) in [6.45, 7) is 1.28. The summed E-state index contributed by atoms with van der Waals surface area (Å²) in [5.74, 6) is -0.136. The van der Waals surface area contributed by atoms with E-state index in [4.69, 9.17) is 0 Å². The van der Waals surface area contributed by atoms with Crippen molar-refractivity contribution in [2.24, 2.45) is 0 Å². The molecule has 2 aromatic rings. The Labute approximate surface area is 120 Å². The molecule has 1 aliphatic rings. The first kappa shape index (κ1) is 12.7. The second kappa shape index (κ2) is 5.34. The van der Waals surface area contributed by atoms with Crippen LogP contribution in [0.4, 0.5) is 16.2 Å². The minimum atomic E-state index is -0.136. The first-order valence-corrected chi connectivity index (χ1v) is 7.12. The number of hydrogen-bond donors (Lipinski definition) is 2. The molecule has 0 saturated carbocycles. The lowest BCUT2D eigenvalue weighted by Crippen LogP contribution is -2.27. The Morgan fingerprint density at radius 1 is 1.30 bits per heavy atom. The third kappa shape index (κ3) is 2.50. The molecule has 1 fully saturated rings. The summed E-state index contributed by atoms with van der Waals surface area (Å²) in [5, 5.41) is 7.45. The Balaban J connectivity index is 1.78. The lowest BCUT2D eigenvalue weighted by molar-refractivity contribution is 0.103. The van der Waals surface area contributed by atoms with Gasteiger partial charge < -0.3 is 10.6 Å². The molecule has 2 heterocycles. The van der Waals surface area contributed by atoms with E-state index in [0.717, 1.165) is 5.69 Å². The van der Waals surface area contributed by atoms with E-state index in [1.807, 2.05) is 29.6 Å². The van der Waals surface area contributed by atoms with Gasteiger partial charge in [-0.25, -0.2) is 4.79 Å². The fraction of sp³-hybridized carbons (Fsp3) is 0.143. The summed E-state index contributed by atoms with van der Waals surface area (Å²) in [6, 6.07) is 10.8. The minimum absolute atomic E-state index is 0.105. The normalized spacial score (nSPS) is 14.2. The number of carbonyl (C=O) groups is 2. The molecule has 3 rings (SSSR count). The van der Waals surface area contributed by atoms with Gasteiger partial charge in [0.2, 0.25) is 0 Å². The van der Waals surface area contributed by atoms with Gasteiger partial charge in [-0.15, -0.1) is 11.3 Å². The predicted octanol–water partition coefficient (Wildman–Crippen LogP) is 2.53. The Hall–Kier alpha value is -2.34. The third-order valence-electron chi connectivity index (χ3n) is 3.02. The van der Waals surface area contributed by atoms with Crippen LogP contribution < -0.4 is 15.5 Å².